The molecule has 0 radical (unpaired) electrons. The lowest BCUT2D eigenvalue weighted by Gasteiger charge is -2.47. The Morgan fingerprint density at radius 2 is 2.05 bits per heavy atom. The molecule has 1 aromatic rings. The van der Waals surface area contributed by atoms with Gasteiger partial charge in [-0.05, 0) is 60.4 Å². The van der Waals surface area contributed by atoms with E-state index in [1.165, 1.54) is 25.8 Å². The van der Waals surface area contributed by atoms with Crippen LogP contribution in [-0.2, 0) is 0 Å². The van der Waals surface area contributed by atoms with Crippen molar-refractivity contribution in [3.05, 3.63) is 32.7 Å². The smallest absolute Gasteiger partial charge is 0.255 e. The molecule has 0 spiro atoms. The fraction of sp³-hybridized carbons (Fsp3) is 0.562. The predicted octanol–water partition coefficient (Wildman–Crippen LogP) is 3.91. The molecule has 1 aromatic carbocycles. The monoisotopic (exact) mass is 414 g/mol. The van der Waals surface area contributed by atoms with Crippen LogP contribution >= 0.6 is 31.9 Å². The number of carbonyl (C=O) groups is 1. The summed E-state index contributed by atoms with van der Waals surface area (Å²) in [5.41, 5.74) is 0.750. The van der Waals surface area contributed by atoms with Gasteiger partial charge in [0, 0.05) is 34.1 Å². The fourth-order valence-electron chi connectivity index (χ4n) is 3.45. The van der Waals surface area contributed by atoms with E-state index in [-0.39, 0.29) is 11.9 Å². The van der Waals surface area contributed by atoms with Crippen LogP contribution in [0.3, 0.4) is 0 Å². The van der Waals surface area contributed by atoms with Gasteiger partial charge < -0.3 is 4.90 Å². The number of halogens is 2. The summed E-state index contributed by atoms with van der Waals surface area (Å²) < 4.78 is 1.81. The van der Waals surface area contributed by atoms with Crippen LogP contribution in [0.25, 0.3) is 0 Å². The second-order valence-electron chi connectivity index (χ2n) is 6.08. The Kier molecular flexibility index (Phi) is 4.71. The third kappa shape index (κ3) is 3.20. The van der Waals surface area contributed by atoms with Gasteiger partial charge in [-0.1, -0.05) is 22.4 Å². The molecule has 2 aliphatic heterocycles. The van der Waals surface area contributed by atoms with Gasteiger partial charge in [-0.3, -0.25) is 9.69 Å². The van der Waals surface area contributed by atoms with E-state index in [0.29, 0.717) is 6.04 Å². The van der Waals surface area contributed by atoms with Crippen LogP contribution in [0.1, 0.15) is 36.5 Å². The predicted molar refractivity (Wildman–Crippen MR) is 91.6 cm³/mol. The molecule has 0 saturated carbocycles. The van der Waals surface area contributed by atoms with Crippen molar-refractivity contribution in [3.63, 3.8) is 0 Å². The van der Waals surface area contributed by atoms with Crippen molar-refractivity contribution in [2.75, 3.05) is 19.6 Å². The van der Waals surface area contributed by atoms with Gasteiger partial charge in [0.1, 0.15) is 0 Å². The lowest BCUT2D eigenvalue weighted by molar-refractivity contribution is 0.0151. The molecule has 2 saturated heterocycles. The lowest BCUT2D eigenvalue weighted by Crippen LogP contribution is -2.60. The normalized spacial score (nSPS) is 26.5. The van der Waals surface area contributed by atoms with E-state index >= 15 is 0 Å². The van der Waals surface area contributed by atoms with Crippen molar-refractivity contribution < 1.29 is 4.79 Å². The van der Waals surface area contributed by atoms with Gasteiger partial charge in [-0.2, -0.15) is 0 Å². The van der Waals surface area contributed by atoms with E-state index < -0.39 is 0 Å². The molecule has 0 aliphatic carbocycles. The van der Waals surface area contributed by atoms with Crippen molar-refractivity contribution in [2.24, 2.45) is 0 Å². The Bertz CT molecular complexity index is 549. The quantitative estimate of drug-likeness (QED) is 0.694. The second kappa shape index (κ2) is 6.39. The first-order valence-corrected chi connectivity index (χ1v) is 9.15. The molecular formula is C16H20Br2N2O. The van der Waals surface area contributed by atoms with Crippen molar-refractivity contribution in [1.82, 2.24) is 9.80 Å². The van der Waals surface area contributed by atoms with Crippen molar-refractivity contribution in [2.45, 2.75) is 38.3 Å². The molecular weight excluding hydrogens is 396 g/mol. The molecule has 1 amide bonds. The average molecular weight is 416 g/mol. The first-order chi connectivity index (χ1) is 10.1. The van der Waals surface area contributed by atoms with E-state index in [2.05, 4.69) is 48.6 Å². The van der Waals surface area contributed by atoms with E-state index in [1.807, 2.05) is 18.2 Å². The molecule has 0 N–H and O–H groups in total. The standard InChI is InChI=1S/C16H20Br2N2O/c1-11-9-19-7-3-2-4-13(19)10-20(11)16(21)14-8-12(17)5-6-15(14)18/h5-6,8,11,13H,2-4,7,9-10H2,1H3. The highest BCUT2D eigenvalue weighted by atomic mass is 79.9. The largest absolute Gasteiger partial charge is 0.333 e. The van der Waals surface area contributed by atoms with Crippen LogP contribution in [0, 0.1) is 0 Å². The van der Waals surface area contributed by atoms with Gasteiger partial charge in [0.15, 0.2) is 0 Å². The first kappa shape index (κ1) is 15.5. The Morgan fingerprint density at radius 1 is 1.24 bits per heavy atom. The SMILES string of the molecule is CC1CN2CCCCC2CN1C(=O)c1cc(Br)ccc1Br. The summed E-state index contributed by atoms with van der Waals surface area (Å²) >= 11 is 6.97. The Hall–Kier alpha value is -0.390. The topological polar surface area (TPSA) is 23.6 Å². The van der Waals surface area contributed by atoms with E-state index in [4.69, 9.17) is 0 Å². The van der Waals surface area contributed by atoms with Gasteiger partial charge >= 0.3 is 0 Å². The number of rotatable bonds is 1. The number of hydrogen-bond acceptors (Lipinski definition) is 2. The minimum Gasteiger partial charge on any atom is -0.333 e. The van der Waals surface area contributed by atoms with Crippen LogP contribution in [0.2, 0.25) is 0 Å². The first-order valence-electron chi connectivity index (χ1n) is 7.56. The van der Waals surface area contributed by atoms with Crippen LogP contribution in [0.15, 0.2) is 27.1 Å². The lowest BCUT2D eigenvalue weighted by atomic mass is 9.96. The summed E-state index contributed by atoms with van der Waals surface area (Å²) in [6.45, 7) is 5.22. The maximum absolute atomic E-state index is 12.9. The van der Waals surface area contributed by atoms with E-state index in [9.17, 15) is 4.79 Å². The average Bonchev–Trinajstić information content (AvgIpc) is 2.48. The number of amides is 1. The Morgan fingerprint density at radius 3 is 2.86 bits per heavy atom. The number of fused-ring (bicyclic) bond motifs is 1. The molecule has 2 atom stereocenters. The summed E-state index contributed by atoms with van der Waals surface area (Å²) in [4.78, 5) is 17.5. The van der Waals surface area contributed by atoms with Crippen LogP contribution in [-0.4, -0.2) is 47.4 Å². The summed E-state index contributed by atoms with van der Waals surface area (Å²) in [7, 11) is 0. The summed E-state index contributed by atoms with van der Waals surface area (Å²) in [6, 6.07) is 6.61. The van der Waals surface area contributed by atoms with E-state index in [1.54, 1.807) is 0 Å². The van der Waals surface area contributed by atoms with Gasteiger partial charge in [0.2, 0.25) is 0 Å². The van der Waals surface area contributed by atoms with Gasteiger partial charge in [0.25, 0.3) is 5.91 Å². The Balaban J connectivity index is 1.82. The zero-order chi connectivity index (χ0) is 15.0. The highest BCUT2D eigenvalue weighted by Crippen LogP contribution is 2.28. The number of benzene rings is 1. The molecule has 2 aliphatic rings. The highest BCUT2D eigenvalue weighted by Gasteiger charge is 2.35. The highest BCUT2D eigenvalue weighted by molar-refractivity contribution is 9.11. The number of hydrogen-bond donors (Lipinski definition) is 0. The molecule has 2 fully saturated rings. The molecule has 114 valence electrons. The zero-order valence-electron chi connectivity index (χ0n) is 12.2. The van der Waals surface area contributed by atoms with Gasteiger partial charge in [-0.25, -0.2) is 0 Å². The zero-order valence-corrected chi connectivity index (χ0v) is 15.4. The maximum atomic E-state index is 12.9. The van der Waals surface area contributed by atoms with Crippen molar-refractivity contribution >= 4 is 37.8 Å². The maximum Gasteiger partial charge on any atom is 0.255 e. The second-order valence-corrected chi connectivity index (χ2v) is 7.85. The third-order valence-electron chi connectivity index (χ3n) is 4.61. The van der Waals surface area contributed by atoms with Crippen LogP contribution in [0.4, 0.5) is 0 Å². The molecule has 0 aromatic heterocycles. The summed E-state index contributed by atoms with van der Waals surface area (Å²) in [6.07, 6.45) is 3.81. The minimum atomic E-state index is 0.140. The van der Waals surface area contributed by atoms with Gasteiger partial charge in [-0.15, -0.1) is 0 Å². The third-order valence-corrected chi connectivity index (χ3v) is 5.79. The van der Waals surface area contributed by atoms with Crippen molar-refractivity contribution in [1.29, 1.82) is 0 Å². The summed E-state index contributed by atoms with van der Waals surface area (Å²) in [5, 5.41) is 0. The molecule has 2 heterocycles. The van der Waals surface area contributed by atoms with Crippen molar-refractivity contribution in [3.8, 4) is 0 Å². The molecule has 3 rings (SSSR count). The molecule has 21 heavy (non-hydrogen) atoms. The van der Waals surface area contributed by atoms with E-state index in [0.717, 1.165) is 27.6 Å². The summed E-state index contributed by atoms with van der Waals surface area (Å²) in [5.74, 6) is 0.140. The number of piperidine rings is 1. The molecule has 5 heteroatoms. The minimum absolute atomic E-state index is 0.140. The fourth-order valence-corrected chi connectivity index (χ4v) is 4.23. The number of piperazine rings is 1. The number of nitrogens with zero attached hydrogens (tertiary/aromatic N) is 2. The molecule has 0 bridgehead atoms. The van der Waals surface area contributed by atoms with Crippen LogP contribution < -0.4 is 0 Å². The molecule has 3 nitrogen and oxygen atoms in total. The van der Waals surface area contributed by atoms with Gasteiger partial charge in [0.05, 0.1) is 5.56 Å². The number of carbonyl (C=O) groups excluding carboxylic acids is 1. The van der Waals surface area contributed by atoms with Crippen LogP contribution in [0.5, 0.6) is 0 Å². The molecule has 2 unspecified atom stereocenters. The Labute approximate surface area is 142 Å².